The molecule has 2 heterocycles. The van der Waals surface area contributed by atoms with Gasteiger partial charge in [0.25, 0.3) is 0 Å². The van der Waals surface area contributed by atoms with Gasteiger partial charge in [0.2, 0.25) is 23.6 Å². The minimum absolute atomic E-state index is 0.330. The lowest BCUT2D eigenvalue weighted by Crippen LogP contribution is -2.50. The molecule has 4 aromatic rings. The van der Waals surface area contributed by atoms with Crippen LogP contribution >= 0.6 is 0 Å². The number of imide groups is 2. The number of nitrogens with two attached hydrogens (primary N) is 2. The van der Waals surface area contributed by atoms with Crippen LogP contribution in [0.4, 0.5) is 75.4 Å². The van der Waals surface area contributed by atoms with Crippen molar-refractivity contribution in [1.82, 2.24) is 0 Å². The number of amides is 4. The Bertz CT molecular complexity index is 2360. The van der Waals surface area contributed by atoms with E-state index >= 15 is 0 Å². The average Bonchev–Trinajstić information content (AvgIpc) is 3.59. The maximum absolute atomic E-state index is 14.5. The van der Waals surface area contributed by atoms with E-state index in [9.17, 15) is 71.9 Å². The molecule has 60 heavy (non-hydrogen) atoms. The number of carbonyl (C=O) groups is 4. The van der Waals surface area contributed by atoms with Crippen LogP contribution < -0.4 is 21.3 Å². The molecule has 0 spiro atoms. The first-order valence-electron chi connectivity index (χ1n) is 17.6. The van der Waals surface area contributed by atoms with E-state index in [0.29, 0.717) is 46.2 Å². The standard InChI is InChI=1S/C40H24F12N4O4/c41-37(42,43)25-11-15(53)1-5-19(25)21-7-3-17(13-27(21)39(47,48)49)55-33(57)29-23-9-10-24(30(29)34(55)58)32-31(23)35(59)56(36(32)60)18-4-8-22(28(14-18)40(50,51)52)20-6-2-16(54)12-26(20)38(44,45)46/h1-14,23-24,29-32H,53-54H2. The maximum atomic E-state index is 14.5. The number of benzene rings is 4. The summed E-state index contributed by atoms with van der Waals surface area (Å²) in [5.74, 6) is -12.7. The summed E-state index contributed by atoms with van der Waals surface area (Å²) in [6.07, 6.45) is -18.2. The minimum atomic E-state index is -5.33. The van der Waals surface area contributed by atoms with Gasteiger partial charge in [-0.1, -0.05) is 36.4 Å². The molecule has 5 aliphatic rings. The van der Waals surface area contributed by atoms with Crippen LogP contribution in [0.2, 0.25) is 0 Å². The van der Waals surface area contributed by atoms with Gasteiger partial charge in [0.15, 0.2) is 0 Å². The molecule has 4 unspecified atom stereocenters. The summed E-state index contributed by atoms with van der Waals surface area (Å²) in [6.45, 7) is 0. The van der Waals surface area contributed by atoms with Gasteiger partial charge in [-0.25, -0.2) is 0 Å². The van der Waals surface area contributed by atoms with Crippen LogP contribution in [0.1, 0.15) is 22.3 Å². The highest BCUT2D eigenvalue weighted by Gasteiger charge is 2.69. The van der Waals surface area contributed by atoms with Crippen molar-refractivity contribution < 1.29 is 71.9 Å². The number of anilines is 4. The van der Waals surface area contributed by atoms with Crippen molar-refractivity contribution >= 4 is 46.4 Å². The van der Waals surface area contributed by atoms with Crippen molar-refractivity contribution in [3.05, 3.63) is 107 Å². The van der Waals surface area contributed by atoms with Crippen LogP contribution in [-0.2, 0) is 43.9 Å². The van der Waals surface area contributed by atoms with Crippen LogP contribution in [0.25, 0.3) is 22.3 Å². The van der Waals surface area contributed by atoms with Gasteiger partial charge in [-0.2, -0.15) is 52.7 Å². The fourth-order valence-electron chi connectivity index (χ4n) is 9.08. The molecule has 0 aromatic heterocycles. The number of nitrogen functional groups attached to an aromatic ring is 2. The molecule has 2 aliphatic heterocycles. The Hall–Kier alpha value is -6.34. The van der Waals surface area contributed by atoms with E-state index in [1.54, 1.807) is 0 Å². The number of allylic oxidation sites excluding steroid dienone is 2. The summed E-state index contributed by atoms with van der Waals surface area (Å²) in [4.78, 5) is 57.0. The number of carbonyl (C=O) groups excluding carboxylic acids is 4. The summed E-state index contributed by atoms with van der Waals surface area (Å²) in [6, 6.07) is 7.95. The van der Waals surface area contributed by atoms with Crippen LogP contribution in [0, 0.1) is 35.5 Å². The lowest BCUT2D eigenvalue weighted by Gasteiger charge is -2.44. The third-order valence-electron chi connectivity index (χ3n) is 11.4. The summed E-state index contributed by atoms with van der Waals surface area (Å²) < 4.78 is 171. The quantitative estimate of drug-likeness (QED) is 0.0914. The first-order chi connectivity index (χ1) is 27.8. The molecule has 3 fully saturated rings. The zero-order valence-electron chi connectivity index (χ0n) is 29.8. The van der Waals surface area contributed by atoms with Gasteiger partial charge in [-0.15, -0.1) is 0 Å². The zero-order valence-corrected chi connectivity index (χ0v) is 29.8. The van der Waals surface area contributed by atoms with Gasteiger partial charge in [0.05, 0.1) is 57.3 Å². The smallest absolute Gasteiger partial charge is 0.399 e. The van der Waals surface area contributed by atoms with Crippen LogP contribution in [-0.4, -0.2) is 23.6 Å². The number of alkyl halides is 12. The summed E-state index contributed by atoms with van der Waals surface area (Å²) in [5, 5.41) is 0. The summed E-state index contributed by atoms with van der Waals surface area (Å²) >= 11 is 0. The average molecular weight is 853 g/mol. The molecule has 2 saturated heterocycles. The Morgan fingerprint density at radius 2 is 0.633 bits per heavy atom. The molecular weight excluding hydrogens is 828 g/mol. The van der Waals surface area contributed by atoms with E-state index in [2.05, 4.69) is 0 Å². The number of halogens is 12. The highest BCUT2D eigenvalue weighted by Crippen LogP contribution is 2.59. The largest absolute Gasteiger partial charge is 0.417 e. The predicted octanol–water partition coefficient (Wildman–Crippen LogP) is 8.99. The Morgan fingerprint density at radius 3 is 0.900 bits per heavy atom. The third kappa shape index (κ3) is 6.16. The Labute approximate surface area is 329 Å². The van der Waals surface area contributed by atoms with Gasteiger partial charge in [0.1, 0.15) is 0 Å². The highest BCUT2D eigenvalue weighted by molar-refractivity contribution is 6.26. The van der Waals surface area contributed by atoms with Crippen molar-refractivity contribution in [2.45, 2.75) is 24.7 Å². The Kier molecular flexibility index (Phi) is 8.82. The first kappa shape index (κ1) is 40.4. The van der Waals surface area contributed by atoms with Crippen LogP contribution in [0.15, 0.2) is 84.9 Å². The molecule has 1 saturated carbocycles. The van der Waals surface area contributed by atoms with Crippen molar-refractivity contribution in [3.63, 3.8) is 0 Å². The predicted molar refractivity (Wildman–Crippen MR) is 188 cm³/mol. The fraction of sp³-hybridized carbons (Fsp3) is 0.250. The van der Waals surface area contributed by atoms with Gasteiger partial charge in [-0.05, 0) is 70.8 Å². The van der Waals surface area contributed by atoms with Crippen LogP contribution in [0.5, 0.6) is 0 Å². The molecule has 20 heteroatoms. The minimum Gasteiger partial charge on any atom is -0.399 e. The molecule has 4 atom stereocenters. The van der Waals surface area contributed by atoms with Crippen LogP contribution in [0.3, 0.4) is 0 Å². The van der Waals surface area contributed by atoms with E-state index in [1.165, 1.54) is 12.2 Å². The SMILES string of the molecule is Nc1ccc(-c2ccc(N3C(=O)C4C5C=CC(C4C3=O)C3C(=O)N(c4ccc(-c6ccc(N)cc6C(F)(F)F)c(C(F)(F)F)c4)C(=O)C53)cc2C(F)(F)F)c(C(F)(F)F)c1. The molecule has 3 aliphatic carbocycles. The number of hydrogen-bond donors (Lipinski definition) is 2. The second-order valence-electron chi connectivity index (χ2n) is 14.7. The molecule has 0 radical (unpaired) electrons. The van der Waals surface area contributed by atoms with Crippen molar-refractivity contribution in [3.8, 4) is 22.3 Å². The van der Waals surface area contributed by atoms with Gasteiger partial charge in [-0.3, -0.25) is 29.0 Å². The highest BCUT2D eigenvalue weighted by atomic mass is 19.4. The van der Waals surface area contributed by atoms with E-state index in [-0.39, 0.29) is 11.4 Å². The lowest BCUT2D eigenvalue weighted by molar-refractivity contribution is -0.139. The fourth-order valence-corrected chi connectivity index (χ4v) is 9.08. The van der Waals surface area contributed by atoms with Gasteiger partial charge in [0, 0.05) is 23.2 Å². The van der Waals surface area contributed by atoms with Crippen molar-refractivity contribution in [2.24, 2.45) is 35.5 Å². The molecule has 9 rings (SSSR count). The lowest BCUT2D eigenvalue weighted by atomic mass is 9.54. The van der Waals surface area contributed by atoms with E-state index < -0.39 is 140 Å². The van der Waals surface area contributed by atoms with Crippen molar-refractivity contribution in [2.75, 3.05) is 21.3 Å². The first-order valence-corrected chi connectivity index (χ1v) is 17.6. The number of hydrogen-bond acceptors (Lipinski definition) is 6. The normalized spacial score (nSPS) is 24.1. The molecule has 312 valence electrons. The van der Waals surface area contributed by atoms with E-state index in [1.807, 2.05) is 0 Å². The third-order valence-corrected chi connectivity index (χ3v) is 11.4. The Balaban J connectivity index is 1.15. The number of nitrogens with zero attached hydrogens (tertiary/aromatic N) is 2. The second-order valence-corrected chi connectivity index (χ2v) is 14.7. The molecule has 2 bridgehead atoms. The molecule has 4 amide bonds. The van der Waals surface area contributed by atoms with E-state index in [0.717, 1.165) is 36.4 Å². The maximum Gasteiger partial charge on any atom is 0.417 e. The molecule has 4 aromatic carbocycles. The van der Waals surface area contributed by atoms with Gasteiger partial charge >= 0.3 is 24.7 Å². The number of rotatable bonds is 4. The molecular formula is C40H24F12N4O4. The zero-order chi connectivity index (χ0) is 43.8. The molecule has 4 N–H and O–H groups in total. The monoisotopic (exact) mass is 852 g/mol. The van der Waals surface area contributed by atoms with Gasteiger partial charge < -0.3 is 11.5 Å². The summed E-state index contributed by atoms with van der Waals surface area (Å²) in [5.41, 5.74) is -1.09. The summed E-state index contributed by atoms with van der Waals surface area (Å²) in [7, 11) is 0. The second kappa shape index (κ2) is 13.1. The molecule has 8 nitrogen and oxygen atoms in total. The van der Waals surface area contributed by atoms with Crippen molar-refractivity contribution in [1.29, 1.82) is 0 Å². The topological polar surface area (TPSA) is 127 Å². The Morgan fingerprint density at radius 1 is 0.383 bits per heavy atom. The van der Waals surface area contributed by atoms with E-state index in [4.69, 9.17) is 11.5 Å².